The largest absolute Gasteiger partial charge is 0.480 e. The lowest BCUT2D eigenvalue weighted by atomic mass is 9.86. The topological polar surface area (TPSA) is 86.7 Å². The second kappa shape index (κ2) is 5.42. The quantitative estimate of drug-likeness (QED) is 0.770. The average molecular weight is 282 g/mol. The average Bonchev–Trinajstić information content (AvgIpc) is 2.55. The first-order chi connectivity index (χ1) is 9.35. The number of carbonyl (C=O) groups is 3. The zero-order chi connectivity index (χ0) is 14.9. The highest BCUT2D eigenvalue weighted by molar-refractivity contribution is 6.08. The third kappa shape index (κ3) is 2.64. The van der Waals surface area contributed by atoms with Crippen molar-refractivity contribution >= 4 is 17.9 Å². The fourth-order valence-corrected chi connectivity index (χ4v) is 3.33. The minimum atomic E-state index is -1.17. The summed E-state index contributed by atoms with van der Waals surface area (Å²) in [7, 11) is 0. The Kier molecular flexibility index (Phi) is 4.01. The Labute approximate surface area is 118 Å². The van der Waals surface area contributed by atoms with Crippen LogP contribution in [0, 0.1) is 11.8 Å². The summed E-state index contributed by atoms with van der Waals surface area (Å²) in [5, 5.41) is 11.5. The Balaban J connectivity index is 2.13. The van der Waals surface area contributed by atoms with Crippen LogP contribution in [0.4, 0.5) is 4.79 Å². The van der Waals surface area contributed by atoms with Gasteiger partial charge < -0.3 is 10.4 Å². The Bertz CT molecular complexity index is 435. The molecule has 112 valence electrons. The number of hydrogen-bond acceptors (Lipinski definition) is 3. The van der Waals surface area contributed by atoms with Crippen molar-refractivity contribution in [3.8, 4) is 0 Å². The van der Waals surface area contributed by atoms with Gasteiger partial charge in [0.15, 0.2) is 0 Å². The molecule has 2 fully saturated rings. The van der Waals surface area contributed by atoms with Crippen molar-refractivity contribution in [2.75, 3.05) is 6.54 Å². The molecule has 1 saturated heterocycles. The lowest BCUT2D eigenvalue weighted by molar-refractivity contribution is -0.143. The number of amides is 3. The number of urea groups is 1. The van der Waals surface area contributed by atoms with Crippen LogP contribution in [-0.2, 0) is 9.59 Å². The van der Waals surface area contributed by atoms with Gasteiger partial charge in [-0.15, -0.1) is 0 Å². The SMILES string of the molecule is CC(C)C1CCCC2(CC1)NC(=O)N(CC(=O)O)C2=O. The van der Waals surface area contributed by atoms with Gasteiger partial charge in [0.25, 0.3) is 5.91 Å². The monoisotopic (exact) mass is 282 g/mol. The van der Waals surface area contributed by atoms with Gasteiger partial charge in [0.2, 0.25) is 0 Å². The molecule has 0 aromatic rings. The van der Waals surface area contributed by atoms with E-state index in [1.54, 1.807) is 0 Å². The van der Waals surface area contributed by atoms with Gasteiger partial charge in [0.05, 0.1) is 0 Å². The van der Waals surface area contributed by atoms with E-state index in [0.29, 0.717) is 24.7 Å². The van der Waals surface area contributed by atoms with E-state index >= 15 is 0 Å². The summed E-state index contributed by atoms with van der Waals surface area (Å²) < 4.78 is 0. The highest BCUT2D eigenvalue weighted by Crippen LogP contribution is 2.37. The number of nitrogens with one attached hydrogen (secondary N) is 1. The van der Waals surface area contributed by atoms with Gasteiger partial charge in [-0.05, 0) is 31.1 Å². The number of aliphatic carboxylic acids is 1. The second-order valence-corrected chi connectivity index (χ2v) is 6.23. The molecule has 6 nitrogen and oxygen atoms in total. The Morgan fingerprint density at radius 2 is 2.10 bits per heavy atom. The Morgan fingerprint density at radius 1 is 1.40 bits per heavy atom. The molecule has 2 aliphatic rings. The molecule has 0 aromatic heterocycles. The zero-order valence-corrected chi connectivity index (χ0v) is 12.0. The number of carboxylic acids is 1. The first-order valence-corrected chi connectivity index (χ1v) is 7.21. The van der Waals surface area contributed by atoms with Gasteiger partial charge >= 0.3 is 12.0 Å². The van der Waals surface area contributed by atoms with E-state index in [2.05, 4.69) is 19.2 Å². The van der Waals surface area contributed by atoms with E-state index in [0.717, 1.165) is 24.2 Å². The first kappa shape index (κ1) is 14.8. The Morgan fingerprint density at radius 3 is 2.70 bits per heavy atom. The zero-order valence-electron chi connectivity index (χ0n) is 12.0. The van der Waals surface area contributed by atoms with Crippen LogP contribution in [-0.4, -0.2) is 40.0 Å². The standard InChI is InChI=1S/C14H22N2O4/c1-9(2)10-4-3-6-14(7-5-10)12(19)16(8-11(17)18)13(20)15-14/h9-10H,3-8H2,1-2H3,(H,15,20)(H,17,18). The van der Waals surface area contributed by atoms with Crippen LogP contribution >= 0.6 is 0 Å². The summed E-state index contributed by atoms with van der Waals surface area (Å²) in [5.74, 6) is -0.409. The predicted octanol–water partition coefficient (Wildman–Crippen LogP) is 1.60. The molecular formula is C14H22N2O4. The van der Waals surface area contributed by atoms with Crippen molar-refractivity contribution in [2.24, 2.45) is 11.8 Å². The van der Waals surface area contributed by atoms with E-state index in [1.165, 1.54) is 0 Å². The van der Waals surface area contributed by atoms with E-state index < -0.39 is 24.1 Å². The molecule has 0 bridgehead atoms. The van der Waals surface area contributed by atoms with Gasteiger partial charge in [-0.2, -0.15) is 0 Å². The third-order valence-corrected chi connectivity index (χ3v) is 4.60. The third-order valence-electron chi connectivity index (χ3n) is 4.60. The Hall–Kier alpha value is -1.59. The maximum Gasteiger partial charge on any atom is 0.325 e. The van der Waals surface area contributed by atoms with Gasteiger partial charge in [0.1, 0.15) is 12.1 Å². The van der Waals surface area contributed by atoms with E-state index in [-0.39, 0.29) is 5.91 Å². The van der Waals surface area contributed by atoms with Crippen LogP contribution in [0.25, 0.3) is 0 Å². The number of hydrogen-bond donors (Lipinski definition) is 2. The van der Waals surface area contributed by atoms with Crippen LogP contribution in [0.2, 0.25) is 0 Å². The number of imide groups is 1. The van der Waals surface area contributed by atoms with Crippen molar-refractivity contribution < 1.29 is 19.5 Å². The van der Waals surface area contributed by atoms with Crippen molar-refractivity contribution in [1.82, 2.24) is 10.2 Å². The number of nitrogens with zero attached hydrogens (tertiary/aromatic N) is 1. The molecule has 2 rings (SSSR count). The number of carboxylic acid groups (broad SMARTS) is 1. The minimum Gasteiger partial charge on any atom is -0.480 e. The lowest BCUT2D eigenvalue weighted by Gasteiger charge is -2.25. The molecule has 1 saturated carbocycles. The fourth-order valence-electron chi connectivity index (χ4n) is 3.33. The van der Waals surface area contributed by atoms with Crippen molar-refractivity contribution in [3.05, 3.63) is 0 Å². The maximum atomic E-state index is 12.4. The molecule has 2 unspecified atom stereocenters. The lowest BCUT2D eigenvalue weighted by Crippen LogP contribution is -2.46. The predicted molar refractivity (Wildman–Crippen MR) is 72.0 cm³/mol. The van der Waals surface area contributed by atoms with E-state index in [4.69, 9.17) is 5.11 Å². The molecule has 0 radical (unpaired) electrons. The highest BCUT2D eigenvalue weighted by Gasteiger charge is 2.51. The number of rotatable bonds is 3. The summed E-state index contributed by atoms with van der Waals surface area (Å²) in [4.78, 5) is 35.9. The maximum absolute atomic E-state index is 12.4. The summed E-state index contributed by atoms with van der Waals surface area (Å²) in [6.07, 6.45) is 4.05. The van der Waals surface area contributed by atoms with Gasteiger partial charge in [-0.3, -0.25) is 14.5 Å². The normalized spacial score (nSPS) is 30.8. The van der Waals surface area contributed by atoms with Crippen molar-refractivity contribution in [1.29, 1.82) is 0 Å². The van der Waals surface area contributed by atoms with Crippen LogP contribution in [0.1, 0.15) is 46.0 Å². The summed E-state index contributed by atoms with van der Waals surface area (Å²) in [5.41, 5.74) is -0.865. The molecule has 2 atom stereocenters. The molecule has 0 aromatic carbocycles. The summed E-state index contributed by atoms with van der Waals surface area (Å²) >= 11 is 0. The molecule has 1 spiro atoms. The van der Waals surface area contributed by atoms with Crippen molar-refractivity contribution in [2.45, 2.75) is 51.5 Å². The summed E-state index contributed by atoms with van der Waals surface area (Å²) in [6.45, 7) is 3.79. The van der Waals surface area contributed by atoms with Crippen molar-refractivity contribution in [3.63, 3.8) is 0 Å². The van der Waals surface area contributed by atoms with Gasteiger partial charge in [-0.25, -0.2) is 4.79 Å². The minimum absolute atomic E-state index is 0.366. The smallest absolute Gasteiger partial charge is 0.325 e. The van der Waals surface area contributed by atoms with Crippen LogP contribution in [0.15, 0.2) is 0 Å². The number of carbonyl (C=O) groups excluding carboxylic acids is 2. The molecule has 2 N–H and O–H groups in total. The molecule has 20 heavy (non-hydrogen) atoms. The van der Waals surface area contributed by atoms with Gasteiger partial charge in [0, 0.05) is 0 Å². The molecule has 1 aliphatic carbocycles. The van der Waals surface area contributed by atoms with Gasteiger partial charge in [-0.1, -0.05) is 26.7 Å². The van der Waals surface area contributed by atoms with E-state index in [9.17, 15) is 14.4 Å². The van der Waals surface area contributed by atoms with Crippen LogP contribution in [0.3, 0.4) is 0 Å². The first-order valence-electron chi connectivity index (χ1n) is 7.21. The second-order valence-electron chi connectivity index (χ2n) is 6.23. The molecule has 1 heterocycles. The molecular weight excluding hydrogens is 260 g/mol. The molecule has 1 aliphatic heterocycles. The van der Waals surface area contributed by atoms with Crippen LogP contribution < -0.4 is 5.32 Å². The molecule has 6 heteroatoms. The fraction of sp³-hybridized carbons (Fsp3) is 0.786. The highest BCUT2D eigenvalue weighted by atomic mass is 16.4. The molecule has 3 amide bonds. The van der Waals surface area contributed by atoms with E-state index in [1.807, 2.05) is 0 Å². The van der Waals surface area contributed by atoms with Crippen LogP contribution in [0.5, 0.6) is 0 Å². The summed E-state index contributed by atoms with van der Waals surface area (Å²) in [6, 6.07) is -0.569.